The van der Waals surface area contributed by atoms with Gasteiger partial charge in [-0.05, 0) is 105 Å². The molecule has 204 valence electrons. The summed E-state index contributed by atoms with van der Waals surface area (Å²) in [7, 11) is 0. The maximum Gasteiger partial charge on any atom is 0.0462 e. The average molecular weight is 542 g/mol. The molecule has 0 radical (unpaired) electrons. The largest absolute Gasteiger partial charge is 0.311 e. The van der Waals surface area contributed by atoms with E-state index < -0.39 is 0 Å². The van der Waals surface area contributed by atoms with E-state index in [1.54, 1.807) is 0 Å². The van der Waals surface area contributed by atoms with Crippen molar-refractivity contribution < 1.29 is 0 Å². The fourth-order valence-electron chi connectivity index (χ4n) is 5.92. The molecule has 0 saturated carbocycles. The number of nitrogens with zero attached hydrogens (tertiary/aromatic N) is 1. The van der Waals surface area contributed by atoms with E-state index in [2.05, 4.69) is 164 Å². The number of hydrogen-bond acceptors (Lipinski definition) is 1. The Balaban J connectivity index is 1.23. The highest BCUT2D eigenvalue weighted by Gasteiger charge is 2.16. The molecule has 7 rings (SSSR count). The summed E-state index contributed by atoms with van der Waals surface area (Å²) in [6.45, 7) is 4.48. The molecule has 0 aromatic heterocycles. The smallest absolute Gasteiger partial charge is 0.0462 e. The van der Waals surface area contributed by atoms with Gasteiger partial charge >= 0.3 is 0 Å². The van der Waals surface area contributed by atoms with Crippen LogP contribution in [-0.2, 0) is 12.8 Å². The molecule has 0 N–H and O–H groups in total. The van der Waals surface area contributed by atoms with E-state index in [9.17, 15) is 0 Å². The summed E-state index contributed by atoms with van der Waals surface area (Å²) >= 11 is 0. The maximum atomic E-state index is 2.36. The predicted molar refractivity (Wildman–Crippen MR) is 179 cm³/mol. The average Bonchev–Trinajstić information content (AvgIpc) is 3.03. The van der Waals surface area contributed by atoms with Crippen LogP contribution in [0.25, 0.3) is 33.4 Å². The van der Waals surface area contributed by atoms with Crippen LogP contribution in [0, 0.1) is 0 Å². The minimum Gasteiger partial charge on any atom is -0.311 e. The van der Waals surface area contributed by atoms with Gasteiger partial charge in [-0.3, -0.25) is 0 Å². The Morgan fingerprint density at radius 3 is 1.24 bits per heavy atom. The lowest BCUT2D eigenvalue weighted by atomic mass is 9.86. The number of aryl methyl sites for hydroxylation is 2. The molecule has 0 spiro atoms. The first kappa shape index (κ1) is 26.0. The van der Waals surface area contributed by atoms with Crippen molar-refractivity contribution in [1.82, 2.24) is 0 Å². The van der Waals surface area contributed by atoms with E-state index in [4.69, 9.17) is 0 Å². The summed E-state index contributed by atoms with van der Waals surface area (Å²) in [5, 5.41) is 0. The third-order valence-electron chi connectivity index (χ3n) is 8.60. The summed E-state index contributed by atoms with van der Waals surface area (Å²) < 4.78 is 0. The molecule has 0 fully saturated rings. The summed E-state index contributed by atoms with van der Waals surface area (Å²) in [5.41, 5.74) is 15.3. The van der Waals surface area contributed by atoms with Gasteiger partial charge in [0.1, 0.15) is 0 Å². The van der Waals surface area contributed by atoms with Crippen molar-refractivity contribution in [3.63, 3.8) is 0 Å². The van der Waals surface area contributed by atoms with Crippen molar-refractivity contribution >= 4 is 17.1 Å². The summed E-state index contributed by atoms with van der Waals surface area (Å²) in [6.07, 6.45) is 2.42. The fraction of sp³-hybridized carbons (Fsp3) is 0.122. The lowest BCUT2D eigenvalue weighted by molar-refractivity contribution is 0.840. The van der Waals surface area contributed by atoms with Crippen LogP contribution in [0.1, 0.15) is 36.5 Å². The zero-order valence-electron chi connectivity index (χ0n) is 24.3. The van der Waals surface area contributed by atoms with Crippen molar-refractivity contribution in [2.45, 2.75) is 32.6 Å². The second-order valence-corrected chi connectivity index (χ2v) is 11.6. The normalized spacial score (nSPS) is 12.1. The van der Waals surface area contributed by atoms with Crippen LogP contribution in [0.2, 0.25) is 0 Å². The van der Waals surface area contributed by atoms with Crippen molar-refractivity contribution in [3.8, 4) is 33.4 Å². The first-order valence-electron chi connectivity index (χ1n) is 15.0. The second kappa shape index (κ2) is 11.2. The third-order valence-corrected chi connectivity index (χ3v) is 8.60. The molecule has 0 bridgehead atoms. The van der Waals surface area contributed by atoms with Crippen LogP contribution >= 0.6 is 0 Å². The van der Waals surface area contributed by atoms with E-state index >= 15 is 0 Å². The lowest BCUT2D eigenvalue weighted by Crippen LogP contribution is -2.10. The maximum absolute atomic E-state index is 2.36. The van der Waals surface area contributed by atoms with E-state index in [-0.39, 0.29) is 0 Å². The van der Waals surface area contributed by atoms with Crippen molar-refractivity contribution in [2.75, 3.05) is 4.90 Å². The Hall–Kier alpha value is -4.88. The number of benzene rings is 6. The van der Waals surface area contributed by atoms with Gasteiger partial charge in [0.05, 0.1) is 0 Å². The van der Waals surface area contributed by atoms with Crippen LogP contribution in [0.5, 0.6) is 0 Å². The third kappa shape index (κ3) is 5.15. The van der Waals surface area contributed by atoms with Gasteiger partial charge in [0.2, 0.25) is 0 Å². The topological polar surface area (TPSA) is 3.24 Å². The minimum atomic E-state index is 0.535. The van der Waals surface area contributed by atoms with E-state index in [0.717, 1.165) is 17.1 Å². The lowest BCUT2D eigenvalue weighted by Gasteiger charge is -2.26. The van der Waals surface area contributed by atoms with Crippen molar-refractivity contribution in [3.05, 3.63) is 162 Å². The monoisotopic (exact) mass is 541 g/mol. The molecule has 0 heterocycles. The highest BCUT2D eigenvalue weighted by Crippen LogP contribution is 2.38. The van der Waals surface area contributed by atoms with Gasteiger partial charge in [0.15, 0.2) is 0 Å². The number of hydrogen-bond donors (Lipinski definition) is 0. The van der Waals surface area contributed by atoms with Crippen LogP contribution in [-0.4, -0.2) is 0 Å². The van der Waals surface area contributed by atoms with Crippen LogP contribution in [0.4, 0.5) is 17.1 Å². The Kier molecular flexibility index (Phi) is 6.93. The van der Waals surface area contributed by atoms with E-state index in [1.807, 2.05) is 0 Å². The number of fused-ring (bicyclic) bond motifs is 1. The first-order valence-corrected chi connectivity index (χ1v) is 15.0. The highest BCUT2D eigenvalue weighted by atomic mass is 15.1. The highest BCUT2D eigenvalue weighted by molar-refractivity contribution is 5.81. The summed E-state index contributed by atoms with van der Waals surface area (Å²) in [6, 6.07) is 53.3. The van der Waals surface area contributed by atoms with Crippen LogP contribution in [0.3, 0.4) is 0 Å². The fourth-order valence-corrected chi connectivity index (χ4v) is 5.92. The van der Waals surface area contributed by atoms with Gasteiger partial charge in [-0.15, -0.1) is 0 Å². The molecule has 1 aliphatic rings. The molecule has 1 nitrogen and oxygen atoms in total. The van der Waals surface area contributed by atoms with Gasteiger partial charge in [0.25, 0.3) is 0 Å². The predicted octanol–water partition coefficient (Wildman–Crippen LogP) is 11.4. The van der Waals surface area contributed by atoms with Gasteiger partial charge in [-0.25, -0.2) is 0 Å². The molecule has 6 aromatic rings. The quantitative estimate of drug-likeness (QED) is 0.194. The molecule has 42 heavy (non-hydrogen) atoms. The minimum absolute atomic E-state index is 0.535. The molecule has 0 aliphatic heterocycles. The van der Waals surface area contributed by atoms with Gasteiger partial charge in [-0.1, -0.05) is 123 Å². The summed E-state index contributed by atoms with van der Waals surface area (Å²) in [5.74, 6) is 0.535. The molecule has 6 aromatic carbocycles. The number of anilines is 3. The van der Waals surface area contributed by atoms with Gasteiger partial charge in [-0.2, -0.15) is 0 Å². The zero-order chi connectivity index (χ0) is 28.5. The molecular weight excluding hydrogens is 506 g/mol. The Morgan fingerprint density at radius 2 is 0.810 bits per heavy atom. The Labute approximate surface area is 249 Å². The Bertz CT molecular complexity index is 1800. The molecule has 1 heteroatoms. The van der Waals surface area contributed by atoms with Gasteiger partial charge < -0.3 is 4.90 Å². The Morgan fingerprint density at radius 1 is 0.405 bits per heavy atom. The van der Waals surface area contributed by atoms with E-state index in [1.165, 1.54) is 62.9 Å². The molecule has 0 unspecified atom stereocenters. The second-order valence-electron chi connectivity index (χ2n) is 11.6. The molecule has 1 aliphatic carbocycles. The summed E-state index contributed by atoms with van der Waals surface area (Å²) in [4.78, 5) is 2.35. The number of rotatable bonds is 7. The SMILES string of the molecule is CC(C)c1ccc(-c2ccc(N(c3ccc(-c4ccccc4)cc3)c3ccc(-c4ccc5c(c4)CC5)cc3)cc2)cc1. The standard InChI is InChI=1S/C41H35N/c1-29(2)30-8-10-32(11-9-30)34-18-24-40(25-19-34)42(39-22-16-33(17-23-39)31-6-4-3-5-7-31)41-26-20-36(21-27-41)38-15-13-35-12-14-37(35)28-38/h3-11,13,15-29H,12,14H2,1-2H3. The van der Waals surface area contributed by atoms with Crippen molar-refractivity contribution in [2.24, 2.45) is 0 Å². The molecule has 0 saturated heterocycles. The molecular formula is C41H35N. The zero-order valence-corrected chi connectivity index (χ0v) is 24.3. The van der Waals surface area contributed by atoms with Gasteiger partial charge in [0, 0.05) is 17.1 Å². The van der Waals surface area contributed by atoms with Crippen LogP contribution < -0.4 is 4.90 Å². The first-order chi connectivity index (χ1) is 20.6. The van der Waals surface area contributed by atoms with Crippen molar-refractivity contribution in [1.29, 1.82) is 0 Å². The van der Waals surface area contributed by atoms with Crippen LogP contribution in [0.15, 0.2) is 146 Å². The van der Waals surface area contributed by atoms with E-state index in [0.29, 0.717) is 5.92 Å². The molecule has 0 amide bonds. The molecule has 0 atom stereocenters.